The minimum Gasteiger partial charge on any atom is -0.483 e. The molecule has 132 valence electrons. The summed E-state index contributed by atoms with van der Waals surface area (Å²) in [5, 5.41) is 4.70. The lowest BCUT2D eigenvalue weighted by molar-refractivity contribution is -0.123. The molecule has 0 aromatic heterocycles. The lowest BCUT2D eigenvalue weighted by atomic mass is 9.98. The van der Waals surface area contributed by atoms with Gasteiger partial charge in [0.25, 0.3) is 5.91 Å². The van der Waals surface area contributed by atoms with Gasteiger partial charge in [-0.05, 0) is 30.0 Å². The van der Waals surface area contributed by atoms with Crippen LogP contribution >= 0.6 is 23.2 Å². The number of halogens is 2. The smallest absolute Gasteiger partial charge is 0.277 e. The minimum absolute atomic E-state index is 0.117. The number of hydrogen-bond acceptors (Lipinski definition) is 3. The average Bonchev–Trinajstić information content (AvgIpc) is 2.63. The molecule has 0 spiro atoms. The Morgan fingerprint density at radius 2 is 2.00 bits per heavy atom. The summed E-state index contributed by atoms with van der Waals surface area (Å²) >= 11 is 12.0. The number of para-hydroxylation sites is 1. The Labute approximate surface area is 157 Å². The van der Waals surface area contributed by atoms with Gasteiger partial charge < -0.3 is 4.74 Å². The fraction of sp³-hybridized carbons (Fsp3) is 0.263. The summed E-state index contributed by atoms with van der Waals surface area (Å²) in [4.78, 5) is 11.9. The van der Waals surface area contributed by atoms with E-state index in [1.165, 1.54) is 6.21 Å². The molecule has 1 amide bonds. The van der Waals surface area contributed by atoms with Crippen LogP contribution in [-0.2, 0) is 4.79 Å². The standard InChI is InChI=1S/C19H20Cl2N2O2/c1-3-13(2)15-8-4-5-10-17(15)25-12-18(24)23-22-11-14-7-6-9-16(20)19(14)21/h4-11,13H,3,12H2,1-2H3,(H,23,24)/b22-11+. The normalized spacial score (nSPS) is 12.2. The van der Waals surface area contributed by atoms with Crippen LogP contribution in [0, 0.1) is 0 Å². The van der Waals surface area contributed by atoms with E-state index in [-0.39, 0.29) is 12.5 Å². The van der Waals surface area contributed by atoms with Crippen LogP contribution in [0.1, 0.15) is 37.3 Å². The number of hydrazone groups is 1. The molecule has 0 bridgehead atoms. The lowest BCUT2D eigenvalue weighted by Gasteiger charge is -2.15. The summed E-state index contributed by atoms with van der Waals surface area (Å²) in [7, 11) is 0. The zero-order valence-electron chi connectivity index (χ0n) is 14.1. The first-order chi connectivity index (χ1) is 12.0. The molecule has 0 aliphatic heterocycles. The van der Waals surface area contributed by atoms with Crippen molar-refractivity contribution in [3.05, 3.63) is 63.6 Å². The van der Waals surface area contributed by atoms with Gasteiger partial charge in [-0.25, -0.2) is 5.43 Å². The van der Waals surface area contributed by atoms with Gasteiger partial charge >= 0.3 is 0 Å². The summed E-state index contributed by atoms with van der Waals surface area (Å²) in [6.45, 7) is 4.12. The van der Waals surface area contributed by atoms with E-state index in [1.807, 2.05) is 24.3 Å². The van der Waals surface area contributed by atoms with E-state index in [9.17, 15) is 4.79 Å². The quantitative estimate of drug-likeness (QED) is 0.542. The molecule has 0 aliphatic rings. The second-order valence-electron chi connectivity index (χ2n) is 5.57. The van der Waals surface area contributed by atoms with E-state index in [0.29, 0.717) is 27.3 Å². The van der Waals surface area contributed by atoms with Crippen molar-refractivity contribution < 1.29 is 9.53 Å². The molecule has 2 rings (SSSR count). The van der Waals surface area contributed by atoms with Gasteiger partial charge in [-0.15, -0.1) is 0 Å². The summed E-state index contributed by atoms with van der Waals surface area (Å²) < 4.78 is 5.63. The molecule has 0 heterocycles. The van der Waals surface area contributed by atoms with E-state index in [0.717, 1.165) is 12.0 Å². The number of carbonyl (C=O) groups excluding carboxylic acids is 1. The number of ether oxygens (including phenoxy) is 1. The van der Waals surface area contributed by atoms with E-state index in [4.69, 9.17) is 27.9 Å². The Bertz CT molecular complexity index is 763. The van der Waals surface area contributed by atoms with Crippen molar-refractivity contribution in [1.29, 1.82) is 0 Å². The monoisotopic (exact) mass is 378 g/mol. The zero-order valence-corrected chi connectivity index (χ0v) is 15.6. The van der Waals surface area contributed by atoms with Gasteiger partial charge in [0, 0.05) is 5.56 Å². The molecule has 0 saturated heterocycles. The largest absolute Gasteiger partial charge is 0.483 e. The van der Waals surface area contributed by atoms with Crippen LogP contribution in [0.5, 0.6) is 5.75 Å². The zero-order chi connectivity index (χ0) is 18.2. The van der Waals surface area contributed by atoms with Crippen molar-refractivity contribution >= 4 is 35.3 Å². The maximum atomic E-state index is 11.9. The molecule has 0 aliphatic carbocycles. The molecule has 2 aromatic rings. The van der Waals surface area contributed by atoms with Crippen molar-refractivity contribution in [3.8, 4) is 5.75 Å². The fourth-order valence-corrected chi connectivity index (χ4v) is 2.57. The first kappa shape index (κ1) is 19.3. The topological polar surface area (TPSA) is 50.7 Å². The summed E-state index contributed by atoms with van der Waals surface area (Å²) in [6, 6.07) is 12.9. The minimum atomic E-state index is -0.353. The third-order valence-electron chi connectivity index (χ3n) is 3.80. The van der Waals surface area contributed by atoms with Gasteiger partial charge in [0.15, 0.2) is 6.61 Å². The highest BCUT2D eigenvalue weighted by molar-refractivity contribution is 6.43. The van der Waals surface area contributed by atoms with Gasteiger partial charge in [-0.2, -0.15) is 5.10 Å². The number of nitrogens with zero attached hydrogens (tertiary/aromatic N) is 1. The molecular weight excluding hydrogens is 359 g/mol. The second-order valence-corrected chi connectivity index (χ2v) is 6.36. The molecule has 0 saturated carbocycles. The van der Waals surface area contributed by atoms with Crippen LogP contribution in [0.25, 0.3) is 0 Å². The van der Waals surface area contributed by atoms with Crippen molar-refractivity contribution in [2.45, 2.75) is 26.2 Å². The van der Waals surface area contributed by atoms with Gasteiger partial charge in [0.05, 0.1) is 16.3 Å². The van der Waals surface area contributed by atoms with Crippen LogP contribution < -0.4 is 10.2 Å². The predicted octanol–water partition coefficient (Wildman–Crippen LogP) is 5.04. The molecule has 0 radical (unpaired) electrons. The molecule has 1 atom stereocenters. The highest BCUT2D eigenvalue weighted by Gasteiger charge is 2.11. The molecule has 6 heteroatoms. The second kappa shape index (κ2) is 9.44. The number of nitrogens with one attached hydrogen (secondary N) is 1. The fourth-order valence-electron chi connectivity index (χ4n) is 2.21. The molecule has 4 nitrogen and oxygen atoms in total. The Morgan fingerprint density at radius 3 is 2.76 bits per heavy atom. The number of hydrogen-bond donors (Lipinski definition) is 1. The van der Waals surface area contributed by atoms with Gasteiger partial charge in [0.1, 0.15) is 5.75 Å². The Balaban J connectivity index is 1.91. The lowest BCUT2D eigenvalue weighted by Crippen LogP contribution is -2.25. The van der Waals surface area contributed by atoms with Crippen LogP contribution in [0.2, 0.25) is 10.0 Å². The number of amides is 1. The van der Waals surface area contributed by atoms with E-state index < -0.39 is 0 Å². The summed E-state index contributed by atoms with van der Waals surface area (Å²) in [5.41, 5.74) is 4.13. The maximum Gasteiger partial charge on any atom is 0.277 e. The van der Waals surface area contributed by atoms with Crippen LogP contribution in [0.3, 0.4) is 0 Å². The number of carbonyl (C=O) groups is 1. The highest BCUT2D eigenvalue weighted by atomic mass is 35.5. The maximum absolute atomic E-state index is 11.9. The van der Waals surface area contributed by atoms with Gasteiger partial charge in [-0.3, -0.25) is 4.79 Å². The number of benzene rings is 2. The highest BCUT2D eigenvalue weighted by Crippen LogP contribution is 2.28. The van der Waals surface area contributed by atoms with E-state index >= 15 is 0 Å². The Kier molecular flexibility index (Phi) is 7.29. The van der Waals surface area contributed by atoms with Crippen molar-refractivity contribution in [2.75, 3.05) is 6.61 Å². The van der Waals surface area contributed by atoms with Crippen molar-refractivity contribution in [3.63, 3.8) is 0 Å². The van der Waals surface area contributed by atoms with E-state index in [2.05, 4.69) is 24.4 Å². The summed E-state index contributed by atoms with van der Waals surface area (Å²) in [6.07, 6.45) is 2.44. The molecule has 0 fully saturated rings. The Hall–Kier alpha value is -2.04. The third-order valence-corrected chi connectivity index (χ3v) is 4.63. The third kappa shape index (κ3) is 5.48. The SMILES string of the molecule is CCC(C)c1ccccc1OCC(=O)N/N=C/c1cccc(Cl)c1Cl. The van der Waals surface area contributed by atoms with Gasteiger partial charge in [0.2, 0.25) is 0 Å². The number of rotatable bonds is 7. The van der Waals surface area contributed by atoms with Crippen molar-refractivity contribution in [1.82, 2.24) is 5.43 Å². The molecule has 1 N–H and O–H groups in total. The van der Waals surface area contributed by atoms with E-state index in [1.54, 1.807) is 18.2 Å². The van der Waals surface area contributed by atoms with Crippen molar-refractivity contribution in [2.24, 2.45) is 5.10 Å². The molecule has 1 unspecified atom stereocenters. The Morgan fingerprint density at radius 1 is 1.24 bits per heavy atom. The first-order valence-corrected chi connectivity index (χ1v) is 8.76. The molecule has 25 heavy (non-hydrogen) atoms. The van der Waals surface area contributed by atoms with Crippen LogP contribution in [-0.4, -0.2) is 18.7 Å². The molecular formula is C19H20Cl2N2O2. The summed E-state index contributed by atoms with van der Waals surface area (Å²) in [5.74, 6) is 0.726. The van der Waals surface area contributed by atoms with Crippen LogP contribution in [0.15, 0.2) is 47.6 Å². The first-order valence-electron chi connectivity index (χ1n) is 8.00. The average molecular weight is 379 g/mol. The predicted molar refractivity (Wildman–Crippen MR) is 103 cm³/mol. The van der Waals surface area contributed by atoms with Crippen LogP contribution in [0.4, 0.5) is 0 Å². The van der Waals surface area contributed by atoms with Gasteiger partial charge in [-0.1, -0.05) is 67.4 Å². The molecule has 2 aromatic carbocycles.